The highest BCUT2D eigenvalue weighted by atomic mass is 16.5. The molecule has 0 saturated carbocycles. The van der Waals surface area contributed by atoms with Crippen LogP contribution in [0.4, 0.5) is 0 Å². The third-order valence-electron chi connectivity index (χ3n) is 4.89. The van der Waals surface area contributed by atoms with Gasteiger partial charge in [0.1, 0.15) is 5.75 Å². The third-order valence-corrected chi connectivity index (χ3v) is 4.89. The van der Waals surface area contributed by atoms with Crippen molar-refractivity contribution in [3.8, 4) is 17.2 Å². The van der Waals surface area contributed by atoms with Gasteiger partial charge in [-0.25, -0.2) is 0 Å². The van der Waals surface area contributed by atoms with Crippen LogP contribution < -0.4 is 4.74 Å². The summed E-state index contributed by atoms with van der Waals surface area (Å²) < 4.78 is 10.9. The summed E-state index contributed by atoms with van der Waals surface area (Å²) in [5.74, 6) is 2.52. The number of hydrogen-bond donors (Lipinski definition) is 0. The average molecular weight is 315 g/mol. The van der Waals surface area contributed by atoms with Gasteiger partial charge in [0.2, 0.25) is 0 Å². The first kappa shape index (κ1) is 16.0. The number of para-hydroxylation sites is 1. The van der Waals surface area contributed by atoms with E-state index in [9.17, 15) is 0 Å². The van der Waals surface area contributed by atoms with Crippen LogP contribution in [0.2, 0.25) is 0 Å². The lowest BCUT2D eigenvalue weighted by atomic mass is 9.95. The zero-order valence-electron chi connectivity index (χ0n) is 14.2. The van der Waals surface area contributed by atoms with E-state index in [1.54, 1.807) is 7.11 Å². The molecule has 0 bridgehead atoms. The van der Waals surface area contributed by atoms with Crippen LogP contribution in [0.3, 0.4) is 0 Å². The largest absolute Gasteiger partial charge is 0.496 e. The lowest BCUT2D eigenvalue weighted by Gasteiger charge is -2.34. The molecule has 1 aliphatic rings. The summed E-state index contributed by atoms with van der Waals surface area (Å²) in [4.78, 5) is 7.18. The van der Waals surface area contributed by atoms with Crippen LogP contribution in [0.15, 0.2) is 28.8 Å². The van der Waals surface area contributed by atoms with Gasteiger partial charge < -0.3 is 14.2 Å². The van der Waals surface area contributed by atoms with E-state index in [1.807, 2.05) is 24.3 Å². The van der Waals surface area contributed by atoms with Crippen LogP contribution in [-0.4, -0.2) is 41.3 Å². The van der Waals surface area contributed by atoms with Crippen molar-refractivity contribution < 1.29 is 9.26 Å². The molecule has 124 valence electrons. The van der Waals surface area contributed by atoms with Gasteiger partial charge in [0.25, 0.3) is 5.89 Å². The van der Waals surface area contributed by atoms with Gasteiger partial charge in [-0.2, -0.15) is 4.98 Å². The Hall–Kier alpha value is -1.88. The number of rotatable bonds is 5. The monoisotopic (exact) mass is 315 g/mol. The van der Waals surface area contributed by atoms with E-state index in [4.69, 9.17) is 9.26 Å². The number of likely N-dealkylation sites (tertiary alicyclic amines) is 1. The van der Waals surface area contributed by atoms with Gasteiger partial charge >= 0.3 is 0 Å². The predicted octanol–water partition coefficient (Wildman–Crippen LogP) is 3.72. The maximum absolute atomic E-state index is 5.49. The number of hydrogen-bond acceptors (Lipinski definition) is 5. The molecule has 0 amide bonds. The fraction of sp³-hybridized carbons (Fsp3) is 0.556. The molecule has 1 aromatic carbocycles. The van der Waals surface area contributed by atoms with Gasteiger partial charge in [0, 0.05) is 12.0 Å². The minimum atomic E-state index is 0.391. The molecule has 2 heterocycles. The predicted molar refractivity (Wildman–Crippen MR) is 89.6 cm³/mol. The Morgan fingerprint density at radius 3 is 2.74 bits per heavy atom. The molecule has 0 spiro atoms. The van der Waals surface area contributed by atoms with Crippen molar-refractivity contribution in [2.75, 3.05) is 20.2 Å². The van der Waals surface area contributed by atoms with Gasteiger partial charge in [0.05, 0.1) is 12.7 Å². The molecular weight excluding hydrogens is 290 g/mol. The molecule has 0 radical (unpaired) electrons. The minimum Gasteiger partial charge on any atom is -0.496 e. The fourth-order valence-corrected chi connectivity index (χ4v) is 3.19. The zero-order valence-corrected chi connectivity index (χ0v) is 14.2. The van der Waals surface area contributed by atoms with Crippen molar-refractivity contribution >= 4 is 0 Å². The molecule has 0 N–H and O–H groups in total. The summed E-state index contributed by atoms with van der Waals surface area (Å²) in [6.07, 6.45) is 3.38. The molecule has 0 aliphatic carbocycles. The Morgan fingerprint density at radius 1 is 1.30 bits per heavy atom. The van der Waals surface area contributed by atoms with Crippen molar-refractivity contribution in [3.05, 3.63) is 30.1 Å². The number of methoxy groups -OCH3 is 1. The smallest absolute Gasteiger partial charge is 0.261 e. The van der Waals surface area contributed by atoms with Gasteiger partial charge in [-0.05, 0) is 51.4 Å². The molecule has 2 aromatic rings. The maximum Gasteiger partial charge on any atom is 0.261 e. The first-order valence-corrected chi connectivity index (χ1v) is 8.44. The SMILES string of the molecule is CC[C@H](C)N1CCC(c2noc(-c3ccccc3OC)n2)CC1. The molecule has 1 atom stereocenters. The van der Waals surface area contributed by atoms with E-state index < -0.39 is 0 Å². The highest BCUT2D eigenvalue weighted by Crippen LogP contribution is 2.32. The van der Waals surface area contributed by atoms with Crippen LogP contribution in [0, 0.1) is 0 Å². The zero-order chi connectivity index (χ0) is 16.2. The summed E-state index contributed by atoms with van der Waals surface area (Å²) in [7, 11) is 1.65. The van der Waals surface area contributed by atoms with Crippen LogP contribution in [0.5, 0.6) is 5.75 Å². The highest BCUT2D eigenvalue weighted by Gasteiger charge is 2.26. The third kappa shape index (κ3) is 3.39. The van der Waals surface area contributed by atoms with Gasteiger partial charge in [0.15, 0.2) is 5.82 Å². The Kier molecular flexibility index (Phi) is 4.96. The van der Waals surface area contributed by atoms with E-state index in [0.29, 0.717) is 17.9 Å². The Bertz CT molecular complexity index is 633. The van der Waals surface area contributed by atoms with Crippen molar-refractivity contribution in [2.45, 2.75) is 45.1 Å². The van der Waals surface area contributed by atoms with E-state index in [-0.39, 0.29) is 0 Å². The van der Waals surface area contributed by atoms with E-state index >= 15 is 0 Å². The summed E-state index contributed by atoms with van der Waals surface area (Å²) in [5.41, 5.74) is 0.853. The molecule has 1 saturated heterocycles. The van der Waals surface area contributed by atoms with Crippen LogP contribution in [0.1, 0.15) is 44.9 Å². The highest BCUT2D eigenvalue weighted by molar-refractivity contribution is 5.62. The molecular formula is C18H25N3O2. The molecule has 5 heteroatoms. The second-order valence-electron chi connectivity index (χ2n) is 6.23. The molecule has 1 aliphatic heterocycles. The lowest BCUT2D eigenvalue weighted by molar-refractivity contribution is 0.155. The van der Waals surface area contributed by atoms with Crippen molar-refractivity contribution in [3.63, 3.8) is 0 Å². The number of aromatic nitrogens is 2. The Balaban J connectivity index is 1.71. The maximum atomic E-state index is 5.49. The van der Waals surface area contributed by atoms with Crippen molar-refractivity contribution in [2.24, 2.45) is 0 Å². The summed E-state index contributed by atoms with van der Waals surface area (Å²) in [6, 6.07) is 8.40. The normalized spacial score (nSPS) is 18.0. The van der Waals surface area contributed by atoms with Gasteiger partial charge in [-0.15, -0.1) is 0 Å². The van der Waals surface area contributed by atoms with E-state index in [2.05, 4.69) is 28.9 Å². The molecule has 1 fully saturated rings. The summed E-state index contributed by atoms with van der Waals surface area (Å²) in [6.45, 7) is 6.76. The molecule has 5 nitrogen and oxygen atoms in total. The van der Waals surface area contributed by atoms with Crippen molar-refractivity contribution in [1.29, 1.82) is 0 Å². The standard InChI is InChI=1S/C18H25N3O2/c1-4-13(2)21-11-9-14(10-12-21)17-19-18(23-20-17)15-7-5-6-8-16(15)22-3/h5-8,13-14H,4,9-12H2,1-3H3/t13-/m0/s1. The van der Waals surface area contributed by atoms with E-state index in [0.717, 1.165) is 43.1 Å². The Labute approximate surface area is 137 Å². The second kappa shape index (κ2) is 7.13. The second-order valence-corrected chi connectivity index (χ2v) is 6.23. The van der Waals surface area contributed by atoms with E-state index in [1.165, 1.54) is 6.42 Å². The molecule has 0 unspecified atom stereocenters. The number of piperidine rings is 1. The fourth-order valence-electron chi connectivity index (χ4n) is 3.19. The average Bonchev–Trinajstić information content (AvgIpc) is 3.11. The summed E-state index contributed by atoms with van der Waals surface area (Å²) >= 11 is 0. The van der Waals surface area contributed by atoms with Gasteiger partial charge in [-0.3, -0.25) is 0 Å². The van der Waals surface area contributed by atoms with Crippen molar-refractivity contribution in [1.82, 2.24) is 15.0 Å². The number of benzene rings is 1. The number of nitrogens with zero attached hydrogens (tertiary/aromatic N) is 3. The molecule has 1 aromatic heterocycles. The van der Waals surface area contributed by atoms with Crippen LogP contribution in [-0.2, 0) is 0 Å². The topological polar surface area (TPSA) is 51.4 Å². The Morgan fingerprint density at radius 2 is 2.04 bits per heavy atom. The lowest BCUT2D eigenvalue weighted by Crippen LogP contribution is -2.39. The van der Waals surface area contributed by atoms with Crippen LogP contribution in [0.25, 0.3) is 11.5 Å². The van der Waals surface area contributed by atoms with Crippen LogP contribution >= 0.6 is 0 Å². The molecule has 3 rings (SSSR count). The van der Waals surface area contributed by atoms with Gasteiger partial charge in [-0.1, -0.05) is 24.2 Å². The first-order chi connectivity index (χ1) is 11.2. The minimum absolute atomic E-state index is 0.391. The first-order valence-electron chi connectivity index (χ1n) is 8.44. The number of ether oxygens (including phenoxy) is 1. The summed E-state index contributed by atoms with van der Waals surface area (Å²) in [5, 5.41) is 4.22. The quantitative estimate of drug-likeness (QED) is 0.841. The molecule has 23 heavy (non-hydrogen) atoms.